The molecule has 10 heteroatoms. The van der Waals surface area contributed by atoms with E-state index in [4.69, 9.17) is 32.7 Å². The Kier molecular flexibility index (Phi) is 8.03. The number of halogens is 5. The zero-order valence-electron chi connectivity index (χ0n) is 18.8. The number of methoxy groups -OCH3 is 1. The molecule has 0 saturated heterocycles. The third kappa shape index (κ3) is 5.28. The standard InChI is InChI=1S/C24H24Cl2F3NO4/c1-4-17-12-19(21(22(31)33-3)13-8-15(25)11-16(26)9-13)18-10-14(24(27,28)29)6-7-20(18)30(17)23(32)34-5-2/h6-11,17,19,21H,4-5,12H2,1-3H3/t17-,19?,21?/m1/s1. The summed E-state index contributed by atoms with van der Waals surface area (Å²) in [6.07, 6.45) is -4.59. The molecule has 0 aliphatic carbocycles. The van der Waals surface area contributed by atoms with E-state index in [9.17, 15) is 22.8 Å². The predicted octanol–water partition coefficient (Wildman–Crippen LogP) is 7.20. The smallest absolute Gasteiger partial charge is 0.416 e. The Hall–Kier alpha value is -2.45. The Morgan fingerprint density at radius 1 is 1.12 bits per heavy atom. The van der Waals surface area contributed by atoms with Crippen molar-refractivity contribution < 1.29 is 32.2 Å². The van der Waals surface area contributed by atoms with E-state index < -0.39 is 41.7 Å². The number of hydrogen-bond acceptors (Lipinski definition) is 4. The second kappa shape index (κ2) is 10.4. The fourth-order valence-electron chi connectivity index (χ4n) is 4.49. The van der Waals surface area contributed by atoms with Crippen LogP contribution >= 0.6 is 23.2 Å². The van der Waals surface area contributed by atoms with Crippen LogP contribution in [0, 0.1) is 0 Å². The zero-order chi connectivity index (χ0) is 25.2. The molecule has 2 aromatic rings. The first kappa shape index (κ1) is 26.2. The van der Waals surface area contributed by atoms with Crippen LogP contribution in [0.25, 0.3) is 0 Å². The molecule has 0 bridgehead atoms. The second-order valence-corrected chi connectivity index (χ2v) is 8.82. The summed E-state index contributed by atoms with van der Waals surface area (Å²) in [4.78, 5) is 27.2. The number of hydrogen-bond donors (Lipinski definition) is 0. The Bertz CT molecular complexity index is 1060. The van der Waals surface area contributed by atoms with Crippen LogP contribution < -0.4 is 4.90 Å². The van der Waals surface area contributed by atoms with E-state index in [2.05, 4.69) is 0 Å². The summed E-state index contributed by atoms with van der Waals surface area (Å²) in [5.74, 6) is -2.39. The fraction of sp³-hybridized carbons (Fsp3) is 0.417. The summed E-state index contributed by atoms with van der Waals surface area (Å²) in [7, 11) is 1.21. The van der Waals surface area contributed by atoms with Gasteiger partial charge in [0.25, 0.3) is 0 Å². The van der Waals surface area contributed by atoms with Gasteiger partial charge in [-0.15, -0.1) is 0 Å². The normalized spacial score (nSPS) is 18.8. The monoisotopic (exact) mass is 517 g/mol. The van der Waals surface area contributed by atoms with Crippen molar-refractivity contribution in [2.45, 2.75) is 50.7 Å². The highest BCUT2D eigenvalue weighted by Gasteiger charge is 2.44. The van der Waals surface area contributed by atoms with Gasteiger partial charge in [-0.1, -0.05) is 30.1 Å². The third-order valence-electron chi connectivity index (χ3n) is 5.94. The maximum atomic E-state index is 13.6. The summed E-state index contributed by atoms with van der Waals surface area (Å²) in [6, 6.07) is 7.32. The lowest BCUT2D eigenvalue weighted by atomic mass is 9.74. The van der Waals surface area contributed by atoms with Crippen molar-refractivity contribution in [3.05, 3.63) is 63.1 Å². The van der Waals surface area contributed by atoms with Crippen molar-refractivity contribution in [1.82, 2.24) is 0 Å². The lowest BCUT2D eigenvalue weighted by Crippen LogP contribution is -2.46. The maximum Gasteiger partial charge on any atom is 0.416 e. The van der Waals surface area contributed by atoms with E-state index in [0.29, 0.717) is 12.0 Å². The molecule has 0 N–H and O–H groups in total. The summed E-state index contributed by atoms with van der Waals surface area (Å²) in [6.45, 7) is 3.61. The van der Waals surface area contributed by atoms with Gasteiger partial charge in [0, 0.05) is 22.0 Å². The minimum absolute atomic E-state index is 0.108. The molecule has 1 heterocycles. The van der Waals surface area contributed by atoms with Gasteiger partial charge in [0.2, 0.25) is 0 Å². The van der Waals surface area contributed by atoms with Crippen molar-refractivity contribution >= 4 is 41.0 Å². The molecule has 3 atom stereocenters. The van der Waals surface area contributed by atoms with Gasteiger partial charge in [-0.2, -0.15) is 13.2 Å². The topological polar surface area (TPSA) is 55.8 Å². The molecule has 1 aliphatic heterocycles. The molecule has 0 spiro atoms. The van der Waals surface area contributed by atoms with Gasteiger partial charge in [0.15, 0.2) is 0 Å². The van der Waals surface area contributed by atoms with Gasteiger partial charge in [0.05, 0.1) is 30.9 Å². The number of nitrogens with zero attached hydrogens (tertiary/aromatic N) is 1. The molecule has 1 aliphatic rings. The minimum Gasteiger partial charge on any atom is -0.469 e. The first-order chi connectivity index (χ1) is 16.0. The first-order valence-electron chi connectivity index (χ1n) is 10.7. The van der Waals surface area contributed by atoms with E-state index in [1.54, 1.807) is 19.1 Å². The molecule has 0 saturated carbocycles. The molecule has 2 aromatic carbocycles. The molecule has 5 nitrogen and oxygen atoms in total. The lowest BCUT2D eigenvalue weighted by Gasteiger charge is -2.42. The number of anilines is 1. The molecular weight excluding hydrogens is 494 g/mol. The molecule has 2 unspecified atom stereocenters. The van der Waals surface area contributed by atoms with E-state index in [1.165, 1.54) is 24.1 Å². The van der Waals surface area contributed by atoms with Gasteiger partial charge in [-0.3, -0.25) is 9.69 Å². The molecule has 0 radical (unpaired) electrons. The van der Waals surface area contributed by atoms with Crippen LogP contribution in [0.2, 0.25) is 10.0 Å². The zero-order valence-corrected chi connectivity index (χ0v) is 20.3. The third-order valence-corrected chi connectivity index (χ3v) is 6.38. The Morgan fingerprint density at radius 2 is 1.76 bits per heavy atom. The fourth-order valence-corrected chi connectivity index (χ4v) is 5.03. The van der Waals surface area contributed by atoms with Crippen LogP contribution in [-0.4, -0.2) is 31.8 Å². The van der Waals surface area contributed by atoms with Crippen molar-refractivity contribution in [1.29, 1.82) is 0 Å². The number of fused-ring (bicyclic) bond motifs is 1. The number of alkyl halides is 3. The summed E-state index contributed by atoms with van der Waals surface area (Å²) in [5.41, 5.74) is -0.0180. The number of esters is 1. The SMILES string of the molecule is CCOC(=O)N1c2ccc(C(F)(F)F)cc2C(C(C(=O)OC)c2cc(Cl)cc(Cl)c2)C[C@H]1CC. The van der Waals surface area contributed by atoms with Crippen LogP contribution in [0.3, 0.4) is 0 Å². The van der Waals surface area contributed by atoms with Crippen molar-refractivity contribution in [2.24, 2.45) is 0 Å². The first-order valence-corrected chi connectivity index (χ1v) is 11.5. The molecule has 0 fully saturated rings. The van der Waals surface area contributed by atoms with E-state index >= 15 is 0 Å². The lowest BCUT2D eigenvalue weighted by molar-refractivity contribution is -0.143. The van der Waals surface area contributed by atoms with Gasteiger partial charge in [-0.05, 0) is 67.3 Å². The maximum absolute atomic E-state index is 13.6. The van der Waals surface area contributed by atoms with Crippen LogP contribution in [0.15, 0.2) is 36.4 Å². The molecule has 3 rings (SSSR count). The summed E-state index contributed by atoms with van der Waals surface area (Å²) >= 11 is 12.3. The number of rotatable bonds is 5. The van der Waals surface area contributed by atoms with Crippen molar-refractivity contribution in [3.8, 4) is 0 Å². The van der Waals surface area contributed by atoms with Crippen LogP contribution in [0.5, 0.6) is 0 Å². The highest BCUT2D eigenvalue weighted by Crippen LogP contribution is 2.49. The number of carbonyl (C=O) groups excluding carboxylic acids is 2. The number of amides is 1. The van der Waals surface area contributed by atoms with Crippen molar-refractivity contribution in [3.63, 3.8) is 0 Å². The predicted molar refractivity (Wildman–Crippen MR) is 124 cm³/mol. The Balaban J connectivity index is 2.27. The Morgan fingerprint density at radius 3 is 2.29 bits per heavy atom. The van der Waals surface area contributed by atoms with Gasteiger partial charge >= 0.3 is 18.2 Å². The van der Waals surface area contributed by atoms with Crippen LogP contribution in [0.4, 0.5) is 23.7 Å². The van der Waals surface area contributed by atoms with Crippen LogP contribution in [-0.2, 0) is 20.4 Å². The second-order valence-electron chi connectivity index (χ2n) is 7.95. The summed E-state index contributed by atoms with van der Waals surface area (Å²) < 4.78 is 51.1. The van der Waals surface area contributed by atoms with Gasteiger partial charge < -0.3 is 9.47 Å². The number of carbonyl (C=O) groups is 2. The largest absolute Gasteiger partial charge is 0.469 e. The highest BCUT2D eigenvalue weighted by molar-refractivity contribution is 6.34. The minimum atomic E-state index is -4.62. The van der Waals surface area contributed by atoms with Gasteiger partial charge in [0.1, 0.15) is 0 Å². The number of benzene rings is 2. The highest BCUT2D eigenvalue weighted by atomic mass is 35.5. The van der Waals surface area contributed by atoms with Crippen LogP contribution in [0.1, 0.15) is 55.2 Å². The Labute approximate surface area is 205 Å². The molecular formula is C24H24Cl2F3NO4. The average molecular weight is 518 g/mol. The van der Waals surface area contributed by atoms with E-state index in [-0.39, 0.29) is 34.3 Å². The quantitative estimate of drug-likeness (QED) is 0.393. The average Bonchev–Trinajstić information content (AvgIpc) is 2.77. The molecule has 0 aromatic heterocycles. The summed E-state index contributed by atoms with van der Waals surface area (Å²) in [5, 5.41) is 0.549. The molecule has 1 amide bonds. The molecule has 34 heavy (non-hydrogen) atoms. The van der Waals surface area contributed by atoms with E-state index in [0.717, 1.165) is 12.1 Å². The number of ether oxygens (including phenoxy) is 2. The van der Waals surface area contributed by atoms with E-state index in [1.807, 2.05) is 6.92 Å². The molecule has 184 valence electrons. The van der Waals surface area contributed by atoms with Gasteiger partial charge in [-0.25, -0.2) is 4.79 Å². The van der Waals surface area contributed by atoms with Crippen molar-refractivity contribution in [2.75, 3.05) is 18.6 Å².